The van der Waals surface area contributed by atoms with Gasteiger partial charge in [-0.05, 0) is 42.5 Å². The second-order valence-corrected chi connectivity index (χ2v) is 5.99. The first-order valence-electron chi connectivity index (χ1n) is 6.49. The van der Waals surface area contributed by atoms with Crippen LogP contribution in [0, 0.1) is 5.41 Å². The highest BCUT2D eigenvalue weighted by Crippen LogP contribution is 2.29. The van der Waals surface area contributed by atoms with Gasteiger partial charge in [0.25, 0.3) is 0 Å². The van der Waals surface area contributed by atoms with Crippen LogP contribution in [0.2, 0.25) is 0 Å². The molecule has 0 saturated carbocycles. The monoisotopic (exact) mass is 233 g/mol. The van der Waals surface area contributed by atoms with Crippen molar-refractivity contribution in [3.05, 3.63) is 29.3 Å². The number of nitrogens with two attached hydrogens (primary N) is 1. The van der Waals surface area contributed by atoms with E-state index in [9.17, 15) is 0 Å². The summed E-state index contributed by atoms with van der Waals surface area (Å²) in [4.78, 5) is 0. The van der Waals surface area contributed by atoms with Crippen LogP contribution in [0.1, 0.15) is 38.3 Å². The van der Waals surface area contributed by atoms with Gasteiger partial charge in [0.1, 0.15) is 11.9 Å². The van der Waals surface area contributed by atoms with Gasteiger partial charge in [-0.2, -0.15) is 0 Å². The lowest BCUT2D eigenvalue weighted by Gasteiger charge is -2.30. The van der Waals surface area contributed by atoms with Crippen molar-refractivity contribution >= 4 is 0 Å². The van der Waals surface area contributed by atoms with Crippen molar-refractivity contribution in [1.82, 2.24) is 0 Å². The van der Waals surface area contributed by atoms with Crippen LogP contribution in [-0.4, -0.2) is 12.6 Å². The highest BCUT2D eigenvalue weighted by atomic mass is 16.5. The van der Waals surface area contributed by atoms with Gasteiger partial charge < -0.3 is 10.5 Å². The van der Waals surface area contributed by atoms with Crippen LogP contribution in [0.15, 0.2) is 18.2 Å². The Bertz CT molecular complexity index is 392. The fourth-order valence-electron chi connectivity index (χ4n) is 2.36. The van der Waals surface area contributed by atoms with E-state index in [1.807, 2.05) is 0 Å². The maximum absolute atomic E-state index is 6.03. The maximum Gasteiger partial charge on any atom is 0.120 e. The van der Waals surface area contributed by atoms with E-state index in [0.717, 1.165) is 5.75 Å². The zero-order valence-corrected chi connectivity index (χ0v) is 11.1. The minimum atomic E-state index is 0.0713. The lowest BCUT2D eigenvalue weighted by atomic mass is 9.89. The topological polar surface area (TPSA) is 35.2 Å². The van der Waals surface area contributed by atoms with Crippen molar-refractivity contribution in [2.24, 2.45) is 11.1 Å². The minimum absolute atomic E-state index is 0.0713. The lowest BCUT2D eigenvalue weighted by molar-refractivity contribution is 0.0941. The average Bonchev–Trinajstić information content (AvgIpc) is 2.71. The molecule has 0 fully saturated rings. The second-order valence-electron chi connectivity index (χ2n) is 5.99. The highest BCUT2D eigenvalue weighted by Gasteiger charge is 2.25. The smallest absolute Gasteiger partial charge is 0.120 e. The van der Waals surface area contributed by atoms with Gasteiger partial charge in [-0.15, -0.1) is 0 Å². The van der Waals surface area contributed by atoms with E-state index >= 15 is 0 Å². The first kappa shape index (κ1) is 12.4. The molecule has 94 valence electrons. The Kier molecular flexibility index (Phi) is 3.43. The summed E-state index contributed by atoms with van der Waals surface area (Å²) in [5.41, 5.74) is 8.81. The van der Waals surface area contributed by atoms with Gasteiger partial charge >= 0.3 is 0 Å². The normalized spacial score (nSPS) is 16.7. The molecular weight excluding hydrogens is 210 g/mol. The van der Waals surface area contributed by atoms with Crippen molar-refractivity contribution in [1.29, 1.82) is 0 Å². The van der Waals surface area contributed by atoms with Crippen LogP contribution < -0.4 is 10.5 Å². The second kappa shape index (κ2) is 4.69. The Hall–Kier alpha value is -1.02. The summed E-state index contributed by atoms with van der Waals surface area (Å²) in [7, 11) is 0. The molecule has 0 aromatic heterocycles. The number of ether oxygens (including phenoxy) is 1. The average molecular weight is 233 g/mol. The first-order valence-corrected chi connectivity index (χ1v) is 6.49. The summed E-state index contributed by atoms with van der Waals surface area (Å²) < 4.78 is 6.03. The molecule has 2 N–H and O–H groups in total. The SMILES string of the molecule is CC(C)(C)C(CN)Oc1ccc2c(c1)CCC2. The molecule has 1 aromatic carbocycles. The van der Waals surface area contributed by atoms with Gasteiger partial charge in [0.2, 0.25) is 0 Å². The minimum Gasteiger partial charge on any atom is -0.489 e. The maximum atomic E-state index is 6.03. The van der Waals surface area contributed by atoms with E-state index in [1.54, 1.807) is 0 Å². The summed E-state index contributed by atoms with van der Waals surface area (Å²) in [6, 6.07) is 6.48. The van der Waals surface area contributed by atoms with Gasteiger partial charge in [-0.1, -0.05) is 26.8 Å². The molecule has 17 heavy (non-hydrogen) atoms. The summed E-state index contributed by atoms with van der Waals surface area (Å²) in [6.45, 7) is 7.05. The molecular formula is C15H23NO. The largest absolute Gasteiger partial charge is 0.489 e. The number of benzene rings is 1. The Morgan fingerprint density at radius 3 is 2.59 bits per heavy atom. The number of rotatable bonds is 3. The predicted molar refractivity (Wildman–Crippen MR) is 71.4 cm³/mol. The molecule has 0 amide bonds. The van der Waals surface area contributed by atoms with Gasteiger partial charge in [0.05, 0.1) is 0 Å². The van der Waals surface area contributed by atoms with Crippen molar-refractivity contribution in [2.75, 3.05) is 6.54 Å². The molecule has 0 spiro atoms. The van der Waals surface area contributed by atoms with E-state index in [2.05, 4.69) is 39.0 Å². The van der Waals surface area contributed by atoms with Crippen LogP contribution in [-0.2, 0) is 12.8 Å². The third kappa shape index (κ3) is 2.81. The zero-order valence-electron chi connectivity index (χ0n) is 11.1. The number of aryl methyl sites for hydroxylation is 2. The zero-order chi connectivity index (χ0) is 12.5. The molecule has 0 saturated heterocycles. The van der Waals surface area contributed by atoms with Crippen LogP contribution in [0.4, 0.5) is 0 Å². The molecule has 2 heteroatoms. The van der Waals surface area contributed by atoms with Gasteiger partial charge in [-0.25, -0.2) is 0 Å². The van der Waals surface area contributed by atoms with Crippen molar-refractivity contribution in [3.8, 4) is 5.75 Å². The molecule has 0 bridgehead atoms. The number of hydrogen-bond donors (Lipinski definition) is 1. The van der Waals surface area contributed by atoms with E-state index in [4.69, 9.17) is 10.5 Å². The summed E-state index contributed by atoms with van der Waals surface area (Å²) >= 11 is 0. The summed E-state index contributed by atoms with van der Waals surface area (Å²) in [5.74, 6) is 0.969. The Balaban J connectivity index is 2.13. The molecule has 1 aromatic rings. The molecule has 1 atom stereocenters. The fraction of sp³-hybridized carbons (Fsp3) is 0.600. The first-order chi connectivity index (χ1) is 8.00. The van der Waals surface area contributed by atoms with Gasteiger partial charge in [0, 0.05) is 12.0 Å². The summed E-state index contributed by atoms with van der Waals surface area (Å²) in [6.07, 6.45) is 3.75. The van der Waals surface area contributed by atoms with Crippen molar-refractivity contribution in [3.63, 3.8) is 0 Å². The Morgan fingerprint density at radius 2 is 1.94 bits per heavy atom. The van der Waals surface area contributed by atoms with Crippen LogP contribution >= 0.6 is 0 Å². The quantitative estimate of drug-likeness (QED) is 0.871. The molecule has 1 aliphatic rings. The molecule has 0 radical (unpaired) electrons. The fourth-order valence-corrected chi connectivity index (χ4v) is 2.36. The van der Waals surface area contributed by atoms with Gasteiger partial charge in [0.15, 0.2) is 0 Å². The van der Waals surface area contributed by atoms with E-state index < -0.39 is 0 Å². The predicted octanol–water partition coefficient (Wildman–Crippen LogP) is 2.93. The molecule has 1 aliphatic carbocycles. The lowest BCUT2D eigenvalue weighted by Crippen LogP contribution is -2.38. The molecule has 0 heterocycles. The number of fused-ring (bicyclic) bond motifs is 1. The van der Waals surface area contributed by atoms with Crippen LogP contribution in [0.5, 0.6) is 5.75 Å². The Labute approximate surface area is 104 Å². The summed E-state index contributed by atoms with van der Waals surface area (Å²) in [5, 5.41) is 0. The van der Waals surface area contributed by atoms with Crippen LogP contribution in [0.3, 0.4) is 0 Å². The molecule has 2 rings (SSSR count). The molecule has 2 nitrogen and oxygen atoms in total. The van der Waals surface area contributed by atoms with Crippen LogP contribution in [0.25, 0.3) is 0 Å². The van der Waals surface area contributed by atoms with Crippen molar-refractivity contribution in [2.45, 2.75) is 46.1 Å². The van der Waals surface area contributed by atoms with Gasteiger partial charge in [-0.3, -0.25) is 0 Å². The van der Waals surface area contributed by atoms with Crippen molar-refractivity contribution < 1.29 is 4.74 Å². The molecule has 1 unspecified atom stereocenters. The standard InChI is InChI=1S/C15H23NO/c1-15(2,3)14(10-16)17-13-8-7-11-5-4-6-12(11)9-13/h7-9,14H,4-6,10,16H2,1-3H3. The Morgan fingerprint density at radius 1 is 1.24 bits per heavy atom. The third-order valence-corrected chi connectivity index (χ3v) is 3.53. The third-order valence-electron chi connectivity index (χ3n) is 3.53. The number of hydrogen-bond acceptors (Lipinski definition) is 2. The highest BCUT2D eigenvalue weighted by molar-refractivity contribution is 5.38. The van der Waals surface area contributed by atoms with E-state index in [0.29, 0.717) is 6.54 Å². The molecule has 0 aliphatic heterocycles. The van der Waals surface area contributed by atoms with E-state index in [-0.39, 0.29) is 11.5 Å². The van der Waals surface area contributed by atoms with E-state index in [1.165, 1.54) is 30.4 Å².